The largest absolute Gasteiger partial charge is 0.386 e. The van der Waals surface area contributed by atoms with Crippen LogP contribution >= 0.6 is 0 Å². The van der Waals surface area contributed by atoms with Gasteiger partial charge in [0.2, 0.25) is 0 Å². The Bertz CT molecular complexity index is 1190. The molecule has 1 aliphatic heterocycles. The van der Waals surface area contributed by atoms with Crippen LogP contribution in [0.15, 0.2) is 47.8 Å². The lowest BCUT2D eigenvalue weighted by molar-refractivity contribution is 0.565. The Morgan fingerprint density at radius 2 is 2.04 bits per heavy atom. The molecule has 0 amide bonds. The van der Waals surface area contributed by atoms with E-state index < -0.39 is 26.9 Å². The van der Waals surface area contributed by atoms with Crippen LogP contribution in [0.1, 0.15) is 18.5 Å². The lowest BCUT2D eigenvalue weighted by Crippen LogP contribution is -2.40. The molecule has 8 nitrogen and oxygen atoms in total. The highest BCUT2D eigenvalue weighted by Crippen LogP contribution is 2.30. The zero-order valence-electron chi connectivity index (χ0n) is 14.9. The van der Waals surface area contributed by atoms with Crippen molar-refractivity contribution in [3.63, 3.8) is 0 Å². The molecule has 0 aliphatic carbocycles. The minimum Gasteiger partial charge on any atom is -0.386 e. The summed E-state index contributed by atoms with van der Waals surface area (Å²) >= 11 is 0. The number of fused-ring (bicyclic) bond motifs is 1. The highest BCUT2D eigenvalue weighted by molar-refractivity contribution is 7.92. The van der Waals surface area contributed by atoms with Crippen molar-refractivity contribution in [2.45, 2.75) is 18.2 Å². The van der Waals surface area contributed by atoms with Crippen LogP contribution in [-0.2, 0) is 9.84 Å². The molecule has 0 bridgehead atoms. The van der Waals surface area contributed by atoms with Gasteiger partial charge in [-0.25, -0.2) is 17.8 Å². The Kier molecular flexibility index (Phi) is 4.42. The summed E-state index contributed by atoms with van der Waals surface area (Å²) in [7, 11) is -3.51. The summed E-state index contributed by atoms with van der Waals surface area (Å²) in [6, 6.07) is 5.85. The van der Waals surface area contributed by atoms with Gasteiger partial charge in [0.05, 0.1) is 29.2 Å². The Labute approximate surface area is 160 Å². The van der Waals surface area contributed by atoms with Gasteiger partial charge < -0.3 is 11.1 Å². The van der Waals surface area contributed by atoms with Crippen LogP contribution in [0.4, 0.5) is 15.9 Å². The van der Waals surface area contributed by atoms with E-state index in [9.17, 15) is 12.8 Å². The molecular weight excluding hydrogens is 383 g/mol. The number of aliphatic imine (C=N–C) groups is 1. The van der Waals surface area contributed by atoms with Crippen LogP contribution in [0.5, 0.6) is 0 Å². The molecule has 10 heteroatoms. The van der Waals surface area contributed by atoms with Gasteiger partial charge in [0.25, 0.3) is 0 Å². The predicted molar refractivity (Wildman–Crippen MR) is 105 cm³/mol. The topological polar surface area (TPSA) is 123 Å². The number of pyridine rings is 3. The van der Waals surface area contributed by atoms with Crippen molar-refractivity contribution in [3.8, 4) is 0 Å². The Morgan fingerprint density at radius 3 is 2.82 bits per heavy atom. The fraction of sp³-hybridized carbons (Fsp3) is 0.222. The summed E-state index contributed by atoms with van der Waals surface area (Å²) < 4.78 is 39.0. The summed E-state index contributed by atoms with van der Waals surface area (Å²) in [6.07, 6.45) is 4.30. The van der Waals surface area contributed by atoms with Crippen molar-refractivity contribution >= 4 is 38.2 Å². The molecule has 0 radical (unpaired) electrons. The molecule has 144 valence electrons. The quantitative estimate of drug-likeness (QED) is 0.690. The maximum atomic E-state index is 14.4. The molecular formula is C18H17FN6O2S. The fourth-order valence-electron chi connectivity index (χ4n) is 3.03. The van der Waals surface area contributed by atoms with Crippen molar-refractivity contribution in [3.05, 3.63) is 54.2 Å². The van der Waals surface area contributed by atoms with Crippen molar-refractivity contribution in [2.24, 2.45) is 10.7 Å². The van der Waals surface area contributed by atoms with Gasteiger partial charge in [-0.05, 0) is 31.2 Å². The molecule has 0 fully saturated rings. The second-order valence-corrected chi connectivity index (χ2v) is 8.85. The number of halogens is 1. The third-order valence-electron chi connectivity index (χ3n) is 4.65. The van der Waals surface area contributed by atoms with Crippen LogP contribution in [0, 0.1) is 5.82 Å². The first-order chi connectivity index (χ1) is 13.3. The van der Waals surface area contributed by atoms with Gasteiger partial charge in [0, 0.05) is 18.0 Å². The number of aromatic nitrogens is 3. The molecule has 1 aliphatic rings. The number of hydrogen-bond acceptors (Lipinski definition) is 8. The molecule has 0 aromatic carbocycles. The summed E-state index contributed by atoms with van der Waals surface area (Å²) in [4.78, 5) is 16.8. The van der Waals surface area contributed by atoms with E-state index in [0.29, 0.717) is 22.5 Å². The maximum absolute atomic E-state index is 14.4. The number of hydrogen-bond donors (Lipinski definition) is 2. The summed E-state index contributed by atoms with van der Waals surface area (Å²) in [5.41, 5.74) is 7.84. The second-order valence-electron chi connectivity index (χ2n) is 6.49. The predicted octanol–water partition coefficient (Wildman–Crippen LogP) is 2.12. The van der Waals surface area contributed by atoms with Crippen LogP contribution in [0.3, 0.4) is 0 Å². The summed E-state index contributed by atoms with van der Waals surface area (Å²) in [5, 5.41) is 2.21. The lowest BCUT2D eigenvalue weighted by Gasteiger charge is -2.24. The van der Waals surface area contributed by atoms with Crippen molar-refractivity contribution in [2.75, 3.05) is 11.1 Å². The van der Waals surface area contributed by atoms with Gasteiger partial charge in [0.15, 0.2) is 9.84 Å². The minimum absolute atomic E-state index is 0.0219. The van der Waals surface area contributed by atoms with Gasteiger partial charge in [-0.1, -0.05) is 0 Å². The number of anilines is 2. The van der Waals surface area contributed by atoms with Gasteiger partial charge >= 0.3 is 0 Å². The van der Waals surface area contributed by atoms with E-state index in [0.717, 1.165) is 6.20 Å². The standard InChI is InChI=1S/C18H17FN6O2S/c1-10-18(20)25-15(9-28(10,26)27)11-7-16(23-8-12(11)19)24-14-4-6-21-13-3-2-5-22-17(13)14/h2-8,10,15H,9H2,1H3,(H2,20,25)(H,21,23,24). The van der Waals surface area contributed by atoms with Gasteiger partial charge in [-0.3, -0.25) is 15.0 Å². The molecule has 4 heterocycles. The Hall–Kier alpha value is -3.14. The average molecular weight is 400 g/mol. The van der Waals surface area contributed by atoms with E-state index in [1.54, 1.807) is 24.5 Å². The van der Waals surface area contributed by atoms with Gasteiger partial charge in [-0.15, -0.1) is 0 Å². The summed E-state index contributed by atoms with van der Waals surface area (Å²) in [6.45, 7) is 1.47. The van der Waals surface area contributed by atoms with E-state index in [-0.39, 0.29) is 17.2 Å². The van der Waals surface area contributed by atoms with Crippen molar-refractivity contribution in [1.82, 2.24) is 15.0 Å². The highest BCUT2D eigenvalue weighted by Gasteiger charge is 2.35. The molecule has 4 rings (SSSR count). The van der Waals surface area contributed by atoms with Crippen molar-refractivity contribution < 1.29 is 12.8 Å². The number of rotatable bonds is 3. The number of nitrogens with two attached hydrogens (primary N) is 1. The van der Waals surface area contributed by atoms with Crippen molar-refractivity contribution in [1.29, 1.82) is 0 Å². The normalized spacial score (nSPS) is 21.3. The van der Waals surface area contributed by atoms with E-state index in [1.165, 1.54) is 13.0 Å². The van der Waals surface area contributed by atoms with Crippen LogP contribution in [-0.4, -0.2) is 40.2 Å². The minimum atomic E-state index is -3.51. The Balaban J connectivity index is 1.72. The zero-order chi connectivity index (χ0) is 19.9. The van der Waals surface area contributed by atoms with Crippen LogP contribution in [0.2, 0.25) is 0 Å². The van der Waals surface area contributed by atoms with Gasteiger partial charge in [0.1, 0.15) is 28.2 Å². The smallest absolute Gasteiger partial charge is 0.162 e. The van der Waals surface area contributed by atoms with Crippen LogP contribution in [0.25, 0.3) is 11.0 Å². The molecule has 0 saturated carbocycles. The number of amidine groups is 1. The zero-order valence-corrected chi connectivity index (χ0v) is 15.7. The molecule has 0 saturated heterocycles. The molecule has 3 aromatic rings. The first-order valence-electron chi connectivity index (χ1n) is 8.52. The molecule has 2 unspecified atom stereocenters. The SMILES string of the molecule is CC1C(N)=NC(c2cc(Nc3ccnc4cccnc34)ncc2F)CS1(=O)=O. The molecule has 28 heavy (non-hydrogen) atoms. The van der Waals surface area contributed by atoms with Gasteiger partial charge in [-0.2, -0.15) is 0 Å². The fourth-order valence-corrected chi connectivity index (χ4v) is 4.44. The molecule has 3 N–H and O–H groups in total. The number of sulfone groups is 1. The van der Waals surface area contributed by atoms with Crippen LogP contribution < -0.4 is 11.1 Å². The molecule has 0 spiro atoms. The monoisotopic (exact) mass is 400 g/mol. The third-order valence-corrected chi connectivity index (χ3v) is 6.75. The summed E-state index contributed by atoms with van der Waals surface area (Å²) in [5.74, 6) is -0.644. The second kappa shape index (κ2) is 6.79. The van der Waals surface area contributed by atoms with E-state index in [2.05, 4.69) is 25.3 Å². The van der Waals surface area contributed by atoms with E-state index >= 15 is 0 Å². The first-order valence-corrected chi connectivity index (χ1v) is 10.2. The van der Waals surface area contributed by atoms with E-state index in [1.807, 2.05) is 6.07 Å². The maximum Gasteiger partial charge on any atom is 0.162 e. The number of nitrogens with one attached hydrogen (secondary N) is 1. The highest BCUT2D eigenvalue weighted by atomic mass is 32.2. The average Bonchev–Trinajstić information content (AvgIpc) is 2.67. The lowest BCUT2D eigenvalue weighted by atomic mass is 10.1. The first kappa shape index (κ1) is 18.2. The Morgan fingerprint density at radius 1 is 1.21 bits per heavy atom. The molecule has 2 atom stereocenters. The number of nitrogens with zero attached hydrogens (tertiary/aromatic N) is 4. The third kappa shape index (κ3) is 3.26. The molecule has 3 aromatic heterocycles. The van der Waals surface area contributed by atoms with E-state index in [4.69, 9.17) is 5.73 Å².